The zero-order valence-electron chi connectivity index (χ0n) is 10.6. The Balaban J connectivity index is 2.06. The molecule has 0 saturated carbocycles. The molecule has 0 radical (unpaired) electrons. The van der Waals surface area contributed by atoms with Crippen LogP contribution < -0.4 is 10.1 Å². The standard InChI is InChI=1S/C15H15ClFNO/c1-18-15(13-7-2-3-8-14(13)17)10-19-12-6-4-5-11(16)9-12/h2-9,15,18H,10H2,1H3. The van der Waals surface area contributed by atoms with E-state index < -0.39 is 0 Å². The summed E-state index contributed by atoms with van der Waals surface area (Å²) in [6.07, 6.45) is 0. The van der Waals surface area contributed by atoms with Gasteiger partial charge in [-0.2, -0.15) is 0 Å². The van der Waals surface area contributed by atoms with Gasteiger partial charge in [-0.15, -0.1) is 0 Å². The van der Waals surface area contributed by atoms with E-state index in [-0.39, 0.29) is 11.9 Å². The highest BCUT2D eigenvalue weighted by atomic mass is 35.5. The highest BCUT2D eigenvalue weighted by Crippen LogP contribution is 2.21. The lowest BCUT2D eigenvalue weighted by Gasteiger charge is -2.18. The summed E-state index contributed by atoms with van der Waals surface area (Å²) in [6.45, 7) is 0.331. The van der Waals surface area contributed by atoms with Crippen molar-refractivity contribution in [2.75, 3.05) is 13.7 Å². The van der Waals surface area contributed by atoms with Gasteiger partial charge in [0, 0.05) is 10.6 Å². The number of halogens is 2. The largest absolute Gasteiger partial charge is 0.492 e. The summed E-state index contributed by atoms with van der Waals surface area (Å²) in [6, 6.07) is 13.6. The Morgan fingerprint density at radius 2 is 2.00 bits per heavy atom. The number of likely N-dealkylation sites (N-methyl/N-ethyl adjacent to an activating group) is 1. The Morgan fingerprint density at radius 1 is 1.21 bits per heavy atom. The van der Waals surface area contributed by atoms with Gasteiger partial charge in [-0.1, -0.05) is 35.9 Å². The van der Waals surface area contributed by atoms with Crippen molar-refractivity contribution in [2.45, 2.75) is 6.04 Å². The molecule has 0 aliphatic rings. The van der Waals surface area contributed by atoms with Crippen LogP contribution in [0.4, 0.5) is 4.39 Å². The van der Waals surface area contributed by atoms with Gasteiger partial charge in [0.25, 0.3) is 0 Å². The van der Waals surface area contributed by atoms with Gasteiger partial charge < -0.3 is 10.1 Å². The fourth-order valence-corrected chi connectivity index (χ4v) is 2.00. The van der Waals surface area contributed by atoms with Crippen LogP contribution in [0.5, 0.6) is 5.75 Å². The summed E-state index contributed by atoms with van der Waals surface area (Å²) in [7, 11) is 1.78. The van der Waals surface area contributed by atoms with Gasteiger partial charge >= 0.3 is 0 Å². The van der Waals surface area contributed by atoms with E-state index in [0.717, 1.165) is 0 Å². The molecule has 1 N–H and O–H groups in total. The van der Waals surface area contributed by atoms with Crippen LogP contribution in [-0.2, 0) is 0 Å². The molecule has 2 aromatic rings. The zero-order chi connectivity index (χ0) is 13.7. The molecule has 1 unspecified atom stereocenters. The molecule has 2 rings (SSSR count). The molecular weight excluding hydrogens is 265 g/mol. The van der Waals surface area contributed by atoms with Gasteiger partial charge in [-0.25, -0.2) is 4.39 Å². The van der Waals surface area contributed by atoms with E-state index in [2.05, 4.69) is 5.32 Å². The number of ether oxygens (including phenoxy) is 1. The molecule has 0 heterocycles. The summed E-state index contributed by atoms with van der Waals surface area (Å²) in [4.78, 5) is 0. The first-order valence-electron chi connectivity index (χ1n) is 6.01. The Bertz CT molecular complexity index is 547. The lowest BCUT2D eigenvalue weighted by molar-refractivity contribution is 0.270. The third-order valence-corrected chi connectivity index (χ3v) is 3.08. The molecule has 19 heavy (non-hydrogen) atoms. The Morgan fingerprint density at radius 3 is 2.68 bits per heavy atom. The van der Waals surface area contributed by atoms with E-state index >= 15 is 0 Å². The molecule has 100 valence electrons. The Kier molecular flexibility index (Phi) is 4.77. The van der Waals surface area contributed by atoms with E-state index in [1.807, 2.05) is 18.2 Å². The van der Waals surface area contributed by atoms with Crippen molar-refractivity contribution in [1.29, 1.82) is 0 Å². The van der Waals surface area contributed by atoms with E-state index in [9.17, 15) is 4.39 Å². The van der Waals surface area contributed by atoms with Crippen molar-refractivity contribution in [3.8, 4) is 5.75 Å². The quantitative estimate of drug-likeness (QED) is 0.898. The fourth-order valence-electron chi connectivity index (χ4n) is 1.82. The minimum atomic E-state index is -0.239. The molecule has 0 aromatic heterocycles. The second-order valence-corrected chi connectivity index (χ2v) is 4.57. The first kappa shape index (κ1) is 13.8. The predicted molar refractivity (Wildman–Crippen MR) is 75.1 cm³/mol. The summed E-state index contributed by atoms with van der Waals surface area (Å²) >= 11 is 5.88. The monoisotopic (exact) mass is 279 g/mol. The van der Waals surface area contributed by atoms with E-state index in [1.54, 1.807) is 31.3 Å². The number of hydrogen-bond donors (Lipinski definition) is 1. The van der Waals surface area contributed by atoms with Crippen molar-refractivity contribution >= 4 is 11.6 Å². The maximum absolute atomic E-state index is 13.7. The second kappa shape index (κ2) is 6.55. The summed E-state index contributed by atoms with van der Waals surface area (Å²) in [5, 5.41) is 3.66. The molecule has 2 nitrogen and oxygen atoms in total. The summed E-state index contributed by atoms with van der Waals surface area (Å²) in [5.74, 6) is 0.431. The van der Waals surface area contributed by atoms with E-state index in [4.69, 9.17) is 16.3 Å². The normalized spacial score (nSPS) is 12.2. The first-order chi connectivity index (χ1) is 9.20. The van der Waals surface area contributed by atoms with Crippen LogP contribution in [-0.4, -0.2) is 13.7 Å². The molecule has 0 saturated heterocycles. The molecule has 4 heteroatoms. The lowest BCUT2D eigenvalue weighted by atomic mass is 10.1. The molecule has 0 bridgehead atoms. The van der Waals surface area contributed by atoms with Crippen LogP contribution in [0.25, 0.3) is 0 Å². The number of nitrogens with one attached hydrogen (secondary N) is 1. The van der Waals surface area contributed by atoms with Crippen LogP contribution in [0.15, 0.2) is 48.5 Å². The zero-order valence-corrected chi connectivity index (χ0v) is 11.3. The molecule has 0 spiro atoms. The molecular formula is C15H15ClFNO. The average molecular weight is 280 g/mol. The third kappa shape index (κ3) is 3.69. The Labute approximate surface area is 117 Å². The van der Waals surface area contributed by atoms with Crippen molar-refractivity contribution in [3.63, 3.8) is 0 Å². The average Bonchev–Trinajstić information content (AvgIpc) is 2.41. The van der Waals surface area contributed by atoms with Gasteiger partial charge in [0.1, 0.15) is 18.2 Å². The Hall–Kier alpha value is -1.58. The van der Waals surface area contributed by atoms with Crippen molar-refractivity contribution in [2.24, 2.45) is 0 Å². The number of rotatable bonds is 5. The maximum atomic E-state index is 13.7. The number of hydrogen-bond acceptors (Lipinski definition) is 2. The van der Waals surface area contributed by atoms with Gasteiger partial charge in [0.05, 0.1) is 6.04 Å². The fraction of sp³-hybridized carbons (Fsp3) is 0.200. The smallest absolute Gasteiger partial charge is 0.128 e. The van der Waals surface area contributed by atoms with Crippen LogP contribution in [0, 0.1) is 5.82 Å². The van der Waals surface area contributed by atoms with Crippen LogP contribution in [0.1, 0.15) is 11.6 Å². The number of benzene rings is 2. The van der Waals surface area contributed by atoms with Crippen LogP contribution >= 0.6 is 11.6 Å². The van der Waals surface area contributed by atoms with Gasteiger partial charge in [0.2, 0.25) is 0 Å². The van der Waals surface area contributed by atoms with E-state index in [1.165, 1.54) is 6.07 Å². The van der Waals surface area contributed by atoms with Crippen molar-refractivity contribution in [3.05, 3.63) is 64.9 Å². The molecule has 0 fully saturated rings. The highest BCUT2D eigenvalue weighted by Gasteiger charge is 2.14. The third-order valence-electron chi connectivity index (χ3n) is 2.84. The molecule has 2 aromatic carbocycles. The van der Waals surface area contributed by atoms with Crippen molar-refractivity contribution < 1.29 is 9.13 Å². The van der Waals surface area contributed by atoms with Gasteiger partial charge in [-0.3, -0.25) is 0 Å². The second-order valence-electron chi connectivity index (χ2n) is 4.13. The highest BCUT2D eigenvalue weighted by molar-refractivity contribution is 6.30. The van der Waals surface area contributed by atoms with Gasteiger partial charge in [0.15, 0.2) is 0 Å². The molecule has 1 atom stereocenters. The molecule has 0 aliphatic heterocycles. The van der Waals surface area contributed by atoms with Crippen LogP contribution in [0.3, 0.4) is 0 Å². The summed E-state index contributed by atoms with van der Waals surface area (Å²) < 4.78 is 19.3. The van der Waals surface area contributed by atoms with Crippen LogP contribution in [0.2, 0.25) is 5.02 Å². The molecule has 0 amide bonds. The topological polar surface area (TPSA) is 21.3 Å². The van der Waals surface area contributed by atoms with E-state index in [0.29, 0.717) is 22.9 Å². The first-order valence-corrected chi connectivity index (χ1v) is 6.38. The predicted octanol–water partition coefficient (Wildman–Crippen LogP) is 3.82. The summed E-state index contributed by atoms with van der Waals surface area (Å²) in [5.41, 5.74) is 0.590. The molecule has 0 aliphatic carbocycles. The van der Waals surface area contributed by atoms with Gasteiger partial charge in [-0.05, 0) is 31.3 Å². The SMILES string of the molecule is CNC(COc1cccc(Cl)c1)c1ccccc1F. The minimum Gasteiger partial charge on any atom is -0.492 e. The maximum Gasteiger partial charge on any atom is 0.128 e. The minimum absolute atomic E-state index is 0.208. The van der Waals surface area contributed by atoms with Crippen molar-refractivity contribution in [1.82, 2.24) is 5.32 Å². The lowest BCUT2D eigenvalue weighted by Crippen LogP contribution is -2.24.